The fourth-order valence-corrected chi connectivity index (χ4v) is 5.82. The molecule has 4 aromatic carbocycles. The van der Waals surface area contributed by atoms with Crippen LogP contribution in [-0.4, -0.2) is 14.0 Å². The van der Waals surface area contributed by atoms with Crippen LogP contribution in [0.4, 0.5) is 0 Å². The minimum atomic E-state index is -3.57. The third kappa shape index (κ3) is 5.17. The fraction of sp³-hybridized carbons (Fsp3) is 0.226. The molecule has 36 heavy (non-hydrogen) atoms. The Morgan fingerprint density at radius 2 is 1.22 bits per heavy atom. The zero-order chi connectivity index (χ0) is 25.5. The van der Waals surface area contributed by atoms with Gasteiger partial charge in [0.15, 0.2) is 0 Å². The molecule has 0 aromatic heterocycles. The first-order valence-electron chi connectivity index (χ1n) is 12.1. The molecule has 0 saturated carbocycles. The maximum Gasteiger partial charge on any atom is 0.206 e. The summed E-state index contributed by atoms with van der Waals surface area (Å²) < 4.78 is 38.2. The molecule has 1 unspecified atom stereocenters. The highest BCUT2D eigenvalue weighted by Gasteiger charge is 2.24. The number of sulfone groups is 1. The minimum Gasteiger partial charge on any atom is -0.488 e. The third-order valence-corrected chi connectivity index (χ3v) is 7.99. The molecule has 184 valence electrons. The van der Waals surface area contributed by atoms with Crippen LogP contribution < -0.4 is 9.47 Å². The van der Waals surface area contributed by atoms with E-state index >= 15 is 0 Å². The Morgan fingerprint density at radius 1 is 0.694 bits per heavy atom. The van der Waals surface area contributed by atoms with E-state index in [-0.39, 0.29) is 10.5 Å². The summed E-state index contributed by atoms with van der Waals surface area (Å²) >= 11 is 0. The van der Waals surface area contributed by atoms with Crippen molar-refractivity contribution in [1.29, 1.82) is 0 Å². The van der Waals surface area contributed by atoms with Crippen LogP contribution in [0.3, 0.4) is 0 Å². The zero-order valence-corrected chi connectivity index (χ0v) is 21.8. The van der Waals surface area contributed by atoms with Crippen molar-refractivity contribution in [2.24, 2.45) is 0 Å². The highest BCUT2D eigenvalue weighted by molar-refractivity contribution is 7.91. The predicted octanol–water partition coefficient (Wildman–Crippen LogP) is 7.82. The Labute approximate surface area is 213 Å². The summed E-state index contributed by atoms with van der Waals surface area (Å²) in [5.41, 5.74) is 4.09. The van der Waals surface area contributed by atoms with E-state index in [0.29, 0.717) is 22.3 Å². The maximum atomic E-state index is 13.2. The smallest absolute Gasteiger partial charge is 0.206 e. The van der Waals surface area contributed by atoms with Gasteiger partial charge in [0, 0.05) is 0 Å². The molecule has 0 radical (unpaired) electrons. The Morgan fingerprint density at radius 3 is 1.75 bits per heavy atom. The summed E-state index contributed by atoms with van der Waals surface area (Å²) in [6.07, 6.45) is 0.896. The van der Waals surface area contributed by atoms with Crippen LogP contribution in [0.5, 0.6) is 17.2 Å². The quantitative estimate of drug-likeness (QED) is 0.272. The van der Waals surface area contributed by atoms with Gasteiger partial charge in [0.1, 0.15) is 22.8 Å². The van der Waals surface area contributed by atoms with E-state index in [1.165, 1.54) is 0 Å². The van der Waals surface area contributed by atoms with Gasteiger partial charge in [-0.25, -0.2) is 8.42 Å². The topological polar surface area (TPSA) is 52.6 Å². The summed E-state index contributed by atoms with van der Waals surface area (Å²) in [5, 5.41) is 0. The number of fused-ring (bicyclic) bond motifs is 2. The molecule has 4 nitrogen and oxygen atoms in total. The van der Waals surface area contributed by atoms with Gasteiger partial charge in [-0.1, -0.05) is 37.3 Å². The highest BCUT2D eigenvalue weighted by Crippen LogP contribution is 2.34. The van der Waals surface area contributed by atoms with Gasteiger partial charge in [-0.15, -0.1) is 0 Å². The largest absolute Gasteiger partial charge is 0.488 e. The summed E-state index contributed by atoms with van der Waals surface area (Å²) in [4.78, 5) is 0.628. The van der Waals surface area contributed by atoms with Gasteiger partial charge in [0.2, 0.25) is 9.84 Å². The molecule has 0 amide bonds. The van der Waals surface area contributed by atoms with Crippen LogP contribution in [0.15, 0.2) is 101 Å². The van der Waals surface area contributed by atoms with E-state index < -0.39 is 9.84 Å². The van der Waals surface area contributed by atoms with Crippen molar-refractivity contribution in [3.63, 3.8) is 0 Å². The Bertz CT molecular complexity index is 1480. The number of hydrogen-bond donors (Lipinski definition) is 0. The minimum absolute atomic E-state index is 0.232. The molecule has 0 saturated heterocycles. The molecular weight excluding hydrogens is 468 g/mol. The second-order valence-corrected chi connectivity index (χ2v) is 12.3. The van der Waals surface area contributed by atoms with Gasteiger partial charge in [0.25, 0.3) is 0 Å². The van der Waals surface area contributed by atoms with E-state index in [0.717, 1.165) is 34.4 Å². The second kappa shape index (κ2) is 9.14. The Kier molecular flexibility index (Phi) is 6.13. The average Bonchev–Trinajstić information content (AvgIpc) is 3.09. The number of ether oxygens (including phenoxy) is 2. The molecule has 4 aromatic rings. The number of benzene rings is 4. The van der Waals surface area contributed by atoms with Crippen molar-refractivity contribution in [3.05, 3.63) is 102 Å². The van der Waals surface area contributed by atoms with Crippen molar-refractivity contribution in [2.75, 3.05) is 0 Å². The van der Waals surface area contributed by atoms with Crippen molar-refractivity contribution in [1.82, 2.24) is 0 Å². The summed E-state index contributed by atoms with van der Waals surface area (Å²) in [6.45, 7) is 8.20. The average molecular weight is 499 g/mol. The highest BCUT2D eigenvalue weighted by atomic mass is 32.2. The van der Waals surface area contributed by atoms with Gasteiger partial charge >= 0.3 is 0 Å². The van der Waals surface area contributed by atoms with E-state index in [9.17, 15) is 8.42 Å². The van der Waals surface area contributed by atoms with E-state index in [2.05, 4.69) is 13.0 Å². The first-order valence-corrected chi connectivity index (χ1v) is 13.6. The van der Waals surface area contributed by atoms with Crippen molar-refractivity contribution in [3.8, 4) is 28.4 Å². The van der Waals surface area contributed by atoms with Crippen LogP contribution in [0.25, 0.3) is 11.1 Å². The van der Waals surface area contributed by atoms with Gasteiger partial charge in [-0.05, 0) is 116 Å². The van der Waals surface area contributed by atoms with Crippen LogP contribution in [0, 0.1) is 0 Å². The van der Waals surface area contributed by atoms with Crippen molar-refractivity contribution >= 4 is 9.84 Å². The lowest BCUT2D eigenvalue weighted by molar-refractivity contribution is 0.131. The molecule has 1 atom stereocenters. The SMILES string of the molecule is CC1Cc2cc1cc(S(=O)(=O)c1ccc(Oc3ccc(-c4ccc(OC(C)(C)C)cc4)cc3)cc1)c2. The number of hydrogen-bond acceptors (Lipinski definition) is 4. The molecule has 0 N–H and O–H groups in total. The van der Waals surface area contributed by atoms with E-state index in [1.807, 2.05) is 69.3 Å². The van der Waals surface area contributed by atoms with Crippen molar-refractivity contribution < 1.29 is 17.9 Å². The first-order chi connectivity index (χ1) is 17.1. The van der Waals surface area contributed by atoms with Crippen LogP contribution >= 0.6 is 0 Å². The monoisotopic (exact) mass is 498 g/mol. The molecule has 0 fully saturated rings. The molecule has 0 spiro atoms. The van der Waals surface area contributed by atoms with Crippen molar-refractivity contribution in [2.45, 2.75) is 55.4 Å². The molecule has 5 rings (SSSR count). The lowest BCUT2D eigenvalue weighted by atomic mass is 10.1. The molecule has 2 bridgehead atoms. The predicted molar refractivity (Wildman–Crippen MR) is 143 cm³/mol. The van der Waals surface area contributed by atoms with E-state index in [4.69, 9.17) is 9.47 Å². The van der Waals surface area contributed by atoms with Crippen LogP contribution in [-0.2, 0) is 16.3 Å². The zero-order valence-electron chi connectivity index (χ0n) is 21.0. The number of rotatable bonds is 6. The Hall–Kier alpha value is -3.57. The second-order valence-electron chi connectivity index (χ2n) is 10.4. The van der Waals surface area contributed by atoms with Gasteiger partial charge in [-0.2, -0.15) is 0 Å². The van der Waals surface area contributed by atoms with Crippen LogP contribution in [0.1, 0.15) is 44.7 Å². The molecular formula is C31H30O4S. The fourth-order valence-electron chi connectivity index (χ4n) is 4.46. The summed E-state index contributed by atoms with van der Waals surface area (Å²) in [7, 11) is -3.57. The molecule has 1 aliphatic rings. The first kappa shape index (κ1) is 24.1. The molecule has 0 heterocycles. The van der Waals surface area contributed by atoms with Gasteiger partial charge in [0.05, 0.1) is 9.79 Å². The van der Waals surface area contributed by atoms with Crippen LogP contribution in [0.2, 0.25) is 0 Å². The van der Waals surface area contributed by atoms with Gasteiger partial charge in [-0.3, -0.25) is 0 Å². The molecule has 0 aliphatic heterocycles. The lowest BCUT2D eigenvalue weighted by Gasteiger charge is -2.21. The Balaban J connectivity index is 1.27. The summed E-state index contributed by atoms with van der Waals surface area (Å²) in [5.74, 6) is 2.47. The normalized spacial score (nSPS) is 15.1. The molecule has 1 aliphatic carbocycles. The van der Waals surface area contributed by atoms with E-state index in [1.54, 1.807) is 36.4 Å². The maximum absolute atomic E-state index is 13.2. The third-order valence-electron chi connectivity index (χ3n) is 6.25. The summed E-state index contributed by atoms with van der Waals surface area (Å²) in [6, 6.07) is 28.1. The lowest BCUT2D eigenvalue weighted by Crippen LogP contribution is -2.22. The standard InChI is InChI=1S/C31H30O4S/c1-21-17-22-18-25(21)20-30(19-22)36(32,33)29-15-13-27(14-16-29)34-26-9-5-23(6-10-26)24-7-11-28(12-8-24)35-31(2,3)4/h5-16,18-21H,17H2,1-4H3. The molecule has 5 heteroatoms. The van der Waals surface area contributed by atoms with Gasteiger partial charge < -0.3 is 9.47 Å².